The van der Waals surface area contributed by atoms with E-state index in [0.29, 0.717) is 13.1 Å². The third-order valence-corrected chi connectivity index (χ3v) is 3.07. The Balaban J connectivity index is 2.34. The Labute approximate surface area is 99.9 Å². The molecular weight excluding hydrogens is 224 g/mol. The van der Waals surface area contributed by atoms with Crippen LogP contribution in [-0.4, -0.2) is 42.2 Å². The SMILES string of the molecule is CCN(CC(=O)NCCO)Cc1cccs1. The Kier molecular flexibility index (Phi) is 6.07. The maximum absolute atomic E-state index is 11.4. The predicted octanol–water partition coefficient (Wildman–Crippen LogP) is 0.679. The molecule has 2 N–H and O–H groups in total. The zero-order valence-corrected chi connectivity index (χ0v) is 10.3. The number of nitrogens with one attached hydrogen (secondary N) is 1. The topological polar surface area (TPSA) is 52.6 Å². The zero-order valence-electron chi connectivity index (χ0n) is 9.48. The Morgan fingerprint density at radius 1 is 1.62 bits per heavy atom. The molecule has 90 valence electrons. The highest BCUT2D eigenvalue weighted by molar-refractivity contribution is 7.09. The van der Waals surface area contributed by atoms with E-state index in [4.69, 9.17) is 5.11 Å². The quantitative estimate of drug-likeness (QED) is 0.739. The standard InChI is InChI=1S/C11H18N2O2S/c1-2-13(8-10-4-3-7-16-10)9-11(15)12-5-6-14/h3-4,7,14H,2,5-6,8-9H2,1H3,(H,12,15). The number of hydrogen-bond acceptors (Lipinski definition) is 4. The van der Waals surface area contributed by atoms with Gasteiger partial charge in [0.1, 0.15) is 0 Å². The van der Waals surface area contributed by atoms with E-state index in [1.807, 2.05) is 18.4 Å². The van der Waals surface area contributed by atoms with E-state index in [1.54, 1.807) is 11.3 Å². The first-order valence-electron chi connectivity index (χ1n) is 5.38. The Morgan fingerprint density at radius 2 is 2.44 bits per heavy atom. The van der Waals surface area contributed by atoms with Crippen LogP contribution in [-0.2, 0) is 11.3 Å². The average molecular weight is 242 g/mol. The van der Waals surface area contributed by atoms with Crippen LogP contribution in [0.3, 0.4) is 0 Å². The van der Waals surface area contributed by atoms with Crippen LogP contribution in [0.25, 0.3) is 0 Å². The van der Waals surface area contributed by atoms with Gasteiger partial charge in [0.05, 0.1) is 13.2 Å². The van der Waals surface area contributed by atoms with Crippen LogP contribution in [0.4, 0.5) is 0 Å². The lowest BCUT2D eigenvalue weighted by molar-refractivity contribution is -0.122. The van der Waals surface area contributed by atoms with Crippen molar-refractivity contribution in [2.75, 3.05) is 26.2 Å². The minimum atomic E-state index is -0.0348. The zero-order chi connectivity index (χ0) is 11.8. The number of likely N-dealkylation sites (N-methyl/N-ethyl adjacent to an activating group) is 1. The van der Waals surface area contributed by atoms with E-state index in [2.05, 4.69) is 16.3 Å². The van der Waals surface area contributed by atoms with Crippen LogP contribution in [0.2, 0.25) is 0 Å². The summed E-state index contributed by atoms with van der Waals surface area (Å²) in [4.78, 5) is 14.8. The molecule has 5 heteroatoms. The summed E-state index contributed by atoms with van der Waals surface area (Å²) in [7, 11) is 0. The van der Waals surface area contributed by atoms with Gasteiger partial charge in [-0.2, -0.15) is 0 Å². The third kappa shape index (κ3) is 4.74. The largest absolute Gasteiger partial charge is 0.395 e. The monoisotopic (exact) mass is 242 g/mol. The summed E-state index contributed by atoms with van der Waals surface area (Å²) < 4.78 is 0. The van der Waals surface area contributed by atoms with Gasteiger partial charge in [-0.15, -0.1) is 11.3 Å². The molecule has 16 heavy (non-hydrogen) atoms. The predicted molar refractivity (Wildman–Crippen MR) is 65.4 cm³/mol. The molecule has 4 nitrogen and oxygen atoms in total. The van der Waals surface area contributed by atoms with Crippen molar-refractivity contribution in [1.82, 2.24) is 10.2 Å². The molecule has 0 atom stereocenters. The first-order valence-corrected chi connectivity index (χ1v) is 6.26. The fraction of sp³-hybridized carbons (Fsp3) is 0.545. The molecule has 0 fully saturated rings. The van der Waals surface area contributed by atoms with Gasteiger partial charge in [0, 0.05) is 18.0 Å². The van der Waals surface area contributed by atoms with Crippen LogP contribution in [0.15, 0.2) is 17.5 Å². The highest BCUT2D eigenvalue weighted by Crippen LogP contribution is 2.11. The first kappa shape index (κ1) is 13.2. The van der Waals surface area contributed by atoms with Gasteiger partial charge in [0.15, 0.2) is 0 Å². The van der Waals surface area contributed by atoms with Gasteiger partial charge in [0.25, 0.3) is 0 Å². The molecule has 0 aliphatic carbocycles. The van der Waals surface area contributed by atoms with E-state index in [-0.39, 0.29) is 12.5 Å². The Hall–Kier alpha value is -0.910. The molecule has 1 amide bonds. The lowest BCUT2D eigenvalue weighted by Gasteiger charge is -2.18. The summed E-state index contributed by atoms with van der Waals surface area (Å²) in [6.45, 7) is 4.38. The van der Waals surface area contributed by atoms with Gasteiger partial charge in [-0.05, 0) is 18.0 Å². The summed E-state index contributed by atoms with van der Waals surface area (Å²) in [6, 6.07) is 4.08. The van der Waals surface area contributed by atoms with Gasteiger partial charge < -0.3 is 10.4 Å². The van der Waals surface area contributed by atoms with Crippen molar-refractivity contribution < 1.29 is 9.90 Å². The lowest BCUT2D eigenvalue weighted by atomic mass is 10.4. The normalized spacial score (nSPS) is 10.7. The fourth-order valence-electron chi connectivity index (χ4n) is 1.36. The highest BCUT2D eigenvalue weighted by Gasteiger charge is 2.09. The molecule has 0 saturated carbocycles. The van der Waals surface area contributed by atoms with Crippen molar-refractivity contribution in [3.8, 4) is 0 Å². The molecule has 1 heterocycles. The van der Waals surface area contributed by atoms with Crippen LogP contribution < -0.4 is 5.32 Å². The minimum Gasteiger partial charge on any atom is -0.395 e. The third-order valence-electron chi connectivity index (χ3n) is 2.21. The number of aliphatic hydroxyl groups is 1. The second-order valence-electron chi connectivity index (χ2n) is 3.46. The molecule has 0 unspecified atom stereocenters. The van der Waals surface area contributed by atoms with Crippen molar-refractivity contribution in [1.29, 1.82) is 0 Å². The van der Waals surface area contributed by atoms with Crippen LogP contribution in [0.1, 0.15) is 11.8 Å². The van der Waals surface area contributed by atoms with Crippen molar-refractivity contribution in [2.45, 2.75) is 13.5 Å². The summed E-state index contributed by atoms with van der Waals surface area (Å²) >= 11 is 1.70. The minimum absolute atomic E-state index is 0.0111. The van der Waals surface area contributed by atoms with Gasteiger partial charge in [-0.1, -0.05) is 13.0 Å². The molecule has 0 saturated heterocycles. The van der Waals surface area contributed by atoms with Crippen LogP contribution >= 0.6 is 11.3 Å². The van der Waals surface area contributed by atoms with Crippen molar-refractivity contribution in [2.24, 2.45) is 0 Å². The molecule has 0 aliphatic heterocycles. The Morgan fingerprint density at radius 3 is 3.00 bits per heavy atom. The Bertz CT molecular complexity index is 301. The van der Waals surface area contributed by atoms with Crippen molar-refractivity contribution >= 4 is 17.2 Å². The molecule has 0 aliphatic rings. The molecule has 0 spiro atoms. The number of carbonyl (C=O) groups excluding carboxylic acids is 1. The van der Waals surface area contributed by atoms with Crippen LogP contribution in [0.5, 0.6) is 0 Å². The molecule has 1 rings (SSSR count). The van der Waals surface area contributed by atoms with E-state index in [9.17, 15) is 4.79 Å². The van der Waals surface area contributed by atoms with Crippen molar-refractivity contribution in [3.63, 3.8) is 0 Å². The second-order valence-corrected chi connectivity index (χ2v) is 4.49. The number of thiophene rings is 1. The van der Waals surface area contributed by atoms with Gasteiger partial charge in [-0.3, -0.25) is 9.69 Å². The number of rotatable bonds is 7. The molecular formula is C11H18N2O2S. The summed E-state index contributed by atoms with van der Waals surface area (Å²) in [5, 5.41) is 13.3. The van der Waals surface area contributed by atoms with E-state index in [1.165, 1.54) is 4.88 Å². The molecule has 1 aromatic rings. The molecule has 1 aromatic heterocycles. The van der Waals surface area contributed by atoms with E-state index in [0.717, 1.165) is 13.1 Å². The molecule has 0 bridgehead atoms. The molecule has 0 aromatic carbocycles. The molecule has 0 radical (unpaired) electrons. The number of aliphatic hydroxyl groups excluding tert-OH is 1. The summed E-state index contributed by atoms with van der Waals surface area (Å²) in [5.41, 5.74) is 0. The fourth-order valence-corrected chi connectivity index (χ4v) is 2.10. The van der Waals surface area contributed by atoms with Gasteiger partial charge in [0.2, 0.25) is 5.91 Å². The summed E-state index contributed by atoms with van der Waals surface area (Å²) in [6.07, 6.45) is 0. The van der Waals surface area contributed by atoms with Crippen LogP contribution in [0, 0.1) is 0 Å². The maximum atomic E-state index is 11.4. The van der Waals surface area contributed by atoms with Crippen molar-refractivity contribution in [3.05, 3.63) is 22.4 Å². The smallest absolute Gasteiger partial charge is 0.234 e. The average Bonchev–Trinajstić information content (AvgIpc) is 2.78. The first-order chi connectivity index (χ1) is 7.76. The highest BCUT2D eigenvalue weighted by atomic mass is 32.1. The number of nitrogens with zero attached hydrogens (tertiary/aromatic N) is 1. The number of hydrogen-bond donors (Lipinski definition) is 2. The second kappa shape index (κ2) is 7.38. The number of amides is 1. The number of carbonyl (C=O) groups is 1. The van der Waals surface area contributed by atoms with Gasteiger partial charge >= 0.3 is 0 Å². The van der Waals surface area contributed by atoms with E-state index >= 15 is 0 Å². The summed E-state index contributed by atoms with van der Waals surface area (Å²) in [5.74, 6) is -0.0348. The van der Waals surface area contributed by atoms with Gasteiger partial charge in [-0.25, -0.2) is 0 Å². The van der Waals surface area contributed by atoms with E-state index < -0.39 is 0 Å². The maximum Gasteiger partial charge on any atom is 0.234 e. The lowest BCUT2D eigenvalue weighted by Crippen LogP contribution is -2.37.